The first-order chi connectivity index (χ1) is 20.1. The van der Waals surface area contributed by atoms with Crippen LogP contribution in [0.2, 0.25) is 0 Å². The summed E-state index contributed by atoms with van der Waals surface area (Å²) in [5.41, 5.74) is 12.8. The molecule has 3 aliphatic rings. The van der Waals surface area contributed by atoms with Crippen LogP contribution in [-0.2, 0) is 12.0 Å². The number of allylic oxidation sites excluding steroid dienone is 6. The monoisotopic (exact) mass is 562 g/mol. The SMILES string of the molecule is C=C/C=C/CNN.C=CC(=C)Cc1ccccc1C(=C)NC1(c2ccc3c(C)c2C=CC=C3)CC1.CN1CC(C)(C)C1. The molecule has 0 atom stereocenters. The molecule has 4 nitrogen and oxygen atoms in total. The fraction of sp³-hybridized carbons (Fsp3) is 0.316. The topological polar surface area (TPSA) is 53.3 Å². The molecule has 2 fully saturated rings. The summed E-state index contributed by atoms with van der Waals surface area (Å²) in [6.07, 6.45) is 19.0. The lowest BCUT2D eigenvalue weighted by Crippen LogP contribution is -2.50. The molecule has 1 saturated heterocycles. The van der Waals surface area contributed by atoms with Crippen LogP contribution in [0.25, 0.3) is 17.8 Å². The Morgan fingerprint density at radius 1 is 1.02 bits per heavy atom. The van der Waals surface area contributed by atoms with Crippen molar-refractivity contribution in [1.29, 1.82) is 0 Å². The lowest BCUT2D eigenvalue weighted by atomic mass is 9.85. The van der Waals surface area contributed by atoms with Gasteiger partial charge in [0.1, 0.15) is 0 Å². The number of nitrogens with one attached hydrogen (secondary N) is 2. The molecule has 42 heavy (non-hydrogen) atoms. The van der Waals surface area contributed by atoms with Crippen molar-refractivity contribution in [3.05, 3.63) is 138 Å². The number of nitrogens with zero attached hydrogens (tertiary/aromatic N) is 1. The molecule has 0 radical (unpaired) electrons. The highest BCUT2D eigenvalue weighted by Gasteiger charge is 2.46. The molecular formula is C38H50N4. The Balaban J connectivity index is 0.000000284. The maximum absolute atomic E-state index is 4.93. The molecule has 1 aliphatic heterocycles. The summed E-state index contributed by atoms with van der Waals surface area (Å²) in [7, 11) is 2.16. The molecule has 0 aromatic heterocycles. The molecule has 2 aliphatic carbocycles. The highest BCUT2D eigenvalue weighted by molar-refractivity contribution is 5.73. The van der Waals surface area contributed by atoms with E-state index in [1.165, 1.54) is 40.9 Å². The fourth-order valence-electron chi connectivity index (χ4n) is 5.74. The predicted octanol–water partition coefficient (Wildman–Crippen LogP) is 7.72. The van der Waals surface area contributed by atoms with Crippen molar-refractivity contribution in [2.24, 2.45) is 11.3 Å². The standard InChI is InChI=1S/C27H27N.C6H13N.C5H10N2/c1-5-19(2)18-23-11-7-9-13-25(23)21(4)28-27(16-17-27)26-15-14-22-10-6-8-12-24(26)20(22)3;1-6(2)4-7(3)5-6;1-2-3-4-5-7-6/h5-15,28H,1-2,4,16-18H2,3H3;4-5H2,1-3H3;2-4,7H,1,5-6H2/b;;4-3+. The number of nitrogens with two attached hydrogens (primary N) is 1. The molecule has 0 unspecified atom stereocenters. The first-order valence-electron chi connectivity index (χ1n) is 14.8. The minimum Gasteiger partial charge on any atom is -0.375 e. The van der Waals surface area contributed by atoms with Gasteiger partial charge in [-0.3, -0.25) is 11.3 Å². The Morgan fingerprint density at radius 2 is 1.71 bits per heavy atom. The number of rotatable bonds is 10. The van der Waals surface area contributed by atoms with E-state index in [2.05, 4.69) is 130 Å². The van der Waals surface area contributed by atoms with Crippen molar-refractivity contribution in [2.45, 2.75) is 45.6 Å². The average molecular weight is 563 g/mol. The zero-order chi connectivity index (χ0) is 30.8. The van der Waals surface area contributed by atoms with Gasteiger partial charge in [-0.1, -0.05) is 131 Å². The molecule has 1 heterocycles. The predicted molar refractivity (Wildman–Crippen MR) is 185 cm³/mol. The Kier molecular flexibility index (Phi) is 11.7. The number of fused-ring (bicyclic) bond motifs is 2. The largest absolute Gasteiger partial charge is 0.375 e. The average Bonchev–Trinajstić information content (AvgIpc) is 3.73. The zero-order valence-corrected chi connectivity index (χ0v) is 26.2. The van der Waals surface area contributed by atoms with Crippen molar-refractivity contribution in [3.63, 3.8) is 0 Å². The molecule has 2 aromatic carbocycles. The lowest BCUT2D eigenvalue weighted by molar-refractivity contribution is 0.0570. The Bertz CT molecular complexity index is 1360. The summed E-state index contributed by atoms with van der Waals surface area (Å²) in [4.78, 5) is 2.33. The van der Waals surface area contributed by atoms with Crippen LogP contribution in [0, 0.1) is 12.3 Å². The molecular weight excluding hydrogens is 512 g/mol. The number of hydrogen-bond acceptors (Lipinski definition) is 4. The number of benzene rings is 2. The van der Waals surface area contributed by atoms with Gasteiger partial charge in [0.05, 0.1) is 5.54 Å². The Hall–Kier alpha value is -3.70. The molecule has 2 bridgehead atoms. The second-order valence-electron chi connectivity index (χ2n) is 12.2. The van der Waals surface area contributed by atoms with Crippen LogP contribution >= 0.6 is 0 Å². The normalized spacial score (nSPS) is 17.0. The third-order valence-electron chi connectivity index (χ3n) is 7.81. The molecule has 0 amide bonds. The summed E-state index contributed by atoms with van der Waals surface area (Å²) < 4.78 is 0. The van der Waals surface area contributed by atoms with Crippen LogP contribution in [0.5, 0.6) is 0 Å². The van der Waals surface area contributed by atoms with E-state index in [1.54, 1.807) is 6.08 Å². The number of hydrazine groups is 1. The van der Waals surface area contributed by atoms with E-state index in [1.807, 2.05) is 18.2 Å². The first kappa shape index (κ1) is 32.8. The highest BCUT2D eigenvalue weighted by atomic mass is 15.2. The second kappa shape index (κ2) is 15.0. The van der Waals surface area contributed by atoms with E-state index in [-0.39, 0.29) is 5.54 Å². The van der Waals surface area contributed by atoms with Gasteiger partial charge in [0.15, 0.2) is 0 Å². The van der Waals surface area contributed by atoms with Crippen LogP contribution in [0.3, 0.4) is 0 Å². The van der Waals surface area contributed by atoms with Crippen LogP contribution in [-0.4, -0.2) is 31.6 Å². The lowest BCUT2D eigenvalue weighted by Gasteiger charge is -2.43. The molecule has 2 aromatic rings. The number of hydrogen-bond donors (Lipinski definition) is 3. The summed E-state index contributed by atoms with van der Waals surface area (Å²) in [6.45, 7) is 25.9. The maximum Gasteiger partial charge on any atom is 0.0633 e. The maximum atomic E-state index is 4.93. The van der Waals surface area contributed by atoms with Crippen molar-refractivity contribution in [3.8, 4) is 0 Å². The molecule has 1 saturated carbocycles. The molecule has 5 rings (SSSR count). The van der Waals surface area contributed by atoms with Crippen molar-refractivity contribution < 1.29 is 0 Å². The van der Waals surface area contributed by atoms with Gasteiger partial charge >= 0.3 is 0 Å². The van der Waals surface area contributed by atoms with E-state index >= 15 is 0 Å². The van der Waals surface area contributed by atoms with Gasteiger partial charge in [-0.05, 0) is 66.5 Å². The molecule has 0 spiro atoms. The molecule has 4 heteroatoms. The van der Waals surface area contributed by atoms with E-state index in [0.29, 0.717) is 12.0 Å². The van der Waals surface area contributed by atoms with Crippen molar-refractivity contribution in [2.75, 3.05) is 26.7 Å². The first-order valence-corrected chi connectivity index (χ1v) is 14.8. The minimum absolute atomic E-state index is 0.0209. The van der Waals surface area contributed by atoms with Crippen LogP contribution in [0.1, 0.15) is 60.1 Å². The van der Waals surface area contributed by atoms with E-state index in [9.17, 15) is 0 Å². The van der Waals surface area contributed by atoms with Crippen LogP contribution < -0.4 is 16.6 Å². The van der Waals surface area contributed by atoms with Crippen LogP contribution in [0.4, 0.5) is 0 Å². The molecule has 4 N–H and O–H groups in total. The summed E-state index contributed by atoms with van der Waals surface area (Å²) >= 11 is 0. The molecule has 222 valence electrons. The quantitative estimate of drug-likeness (QED) is 0.158. The van der Waals surface area contributed by atoms with Gasteiger partial charge in [-0.2, -0.15) is 0 Å². The Labute approximate surface area is 254 Å². The van der Waals surface area contributed by atoms with Gasteiger partial charge in [0, 0.05) is 30.9 Å². The van der Waals surface area contributed by atoms with Crippen molar-refractivity contribution >= 4 is 17.8 Å². The summed E-state index contributed by atoms with van der Waals surface area (Å²) in [5, 5.41) is 3.79. The number of likely N-dealkylation sites (tertiary alicyclic amines) is 1. The van der Waals surface area contributed by atoms with Gasteiger partial charge in [0.2, 0.25) is 0 Å². The fourth-order valence-corrected chi connectivity index (χ4v) is 5.74. The summed E-state index contributed by atoms with van der Waals surface area (Å²) in [5.74, 6) is 4.93. The van der Waals surface area contributed by atoms with Crippen LogP contribution in [0.15, 0.2) is 105 Å². The third-order valence-corrected chi connectivity index (χ3v) is 7.81. The van der Waals surface area contributed by atoms with Gasteiger partial charge < -0.3 is 10.2 Å². The zero-order valence-electron chi connectivity index (χ0n) is 26.2. The Morgan fingerprint density at radius 3 is 2.29 bits per heavy atom. The van der Waals surface area contributed by atoms with Crippen molar-refractivity contribution in [1.82, 2.24) is 15.6 Å². The van der Waals surface area contributed by atoms with Gasteiger partial charge in [-0.25, -0.2) is 0 Å². The van der Waals surface area contributed by atoms with E-state index in [0.717, 1.165) is 36.1 Å². The minimum atomic E-state index is -0.0209. The van der Waals surface area contributed by atoms with E-state index in [4.69, 9.17) is 5.84 Å². The summed E-state index contributed by atoms with van der Waals surface area (Å²) in [6, 6.07) is 13.0. The van der Waals surface area contributed by atoms with Gasteiger partial charge in [0.25, 0.3) is 0 Å². The third kappa shape index (κ3) is 8.90. The highest BCUT2D eigenvalue weighted by Crippen LogP contribution is 2.49. The second-order valence-corrected chi connectivity index (χ2v) is 12.2. The van der Waals surface area contributed by atoms with E-state index < -0.39 is 0 Å². The smallest absolute Gasteiger partial charge is 0.0633 e. The van der Waals surface area contributed by atoms with Gasteiger partial charge in [-0.15, -0.1) is 0 Å².